The second-order valence-electron chi connectivity index (χ2n) is 6.52. The Hall–Kier alpha value is -2.71. The van der Waals surface area contributed by atoms with Crippen molar-refractivity contribution in [3.63, 3.8) is 0 Å². The summed E-state index contributed by atoms with van der Waals surface area (Å²) in [5.41, 5.74) is 2.39. The molecule has 0 N–H and O–H groups in total. The summed E-state index contributed by atoms with van der Waals surface area (Å²) in [5, 5.41) is 14.8. The second-order valence-corrected chi connectivity index (χ2v) is 6.92. The third-order valence-corrected chi connectivity index (χ3v) is 5.08. The van der Waals surface area contributed by atoms with E-state index in [-0.39, 0.29) is 11.8 Å². The molecule has 0 saturated heterocycles. The monoisotopic (exact) mass is 380 g/mol. The van der Waals surface area contributed by atoms with Crippen molar-refractivity contribution in [1.29, 1.82) is 5.26 Å². The Kier molecular flexibility index (Phi) is 5.88. The number of hydrogen-bond donors (Lipinski definition) is 0. The number of carbonyl (C=O) groups is 1. The zero-order valence-corrected chi connectivity index (χ0v) is 16.0. The van der Waals surface area contributed by atoms with Crippen molar-refractivity contribution < 1.29 is 4.79 Å². The van der Waals surface area contributed by atoms with Crippen molar-refractivity contribution >= 4 is 29.0 Å². The summed E-state index contributed by atoms with van der Waals surface area (Å²) in [5.74, 6) is -0.343. The van der Waals surface area contributed by atoms with E-state index in [4.69, 9.17) is 11.6 Å². The highest BCUT2D eigenvalue weighted by atomic mass is 35.5. The van der Waals surface area contributed by atoms with Gasteiger partial charge in [0.25, 0.3) is 0 Å². The summed E-state index contributed by atoms with van der Waals surface area (Å²) >= 11 is 6.45. The predicted molar refractivity (Wildman–Crippen MR) is 107 cm³/mol. The number of hydrogen-bond acceptors (Lipinski definition) is 4. The Balaban J connectivity index is 2.16. The first-order valence-corrected chi connectivity index (χ1v) is 9.43. The fourth-order valence-corrected chi connectivity index (χ4v) is 3.72. The number of nitrogens with zero attached hydrogens (tertiary/aromatic N) is 4. The molecule has 138 valence electrons. The maximum Gasteiger partial charge on any atom is 0.249 e. The molecule has 2 heterocycles. The maximum atomic E-state index is 12.6. The van der Waals surface area contributed by atoms with Gasteiger partial charge in [-0.15, -0.1) is 6.58 Å². The van der Waals surface area contributed by atoms with Crippen LogP contribution in [0.1, 0.15) is 54.4 Å². The molecule has 27 heavy (non-hydrogen) atoms. The summed E-state index contributed by atoms with van der Waals surface area (Å²) < 4.78 is 1.35. The number of rotatable bonds is 6. The van der Waals surface area contributed by atoms with E-state index < -0.39 is 5.92 Å². The van der Waals surface area contributed by atoms with E-state index in [0.717, 1.165) is 23.3 Å². The highest BCUT2D eigenvalue weighted by Gasteiger charge is 2.38. The summed E-state index contributed by atoms with van der Waals surface area (Å²) in [6, 6.07) is 9.91. The SMILES string of the molecule is C=CCCC(=O)n1ncc2c1N=C(CCC)C(C#N)C2c1ccccc1Cl. The van der Waals surface area contributed by atoms with Gasteiger partial charge in [-0.25, -0.2) is 4.99 Å². The van der Waals surface area contributed by atoms with Gasteiger partial charge in [-0.05, 0) is 24.5 Å². The lowest BCUT2D eigenvalue weighted by atomic mass is 9.77. The van der Waals surface area contributed by atoms with Crippen LogP contribution in [0.4, 0.5) is 5.82 Å². The van der Waals surface area contributed by atoms with Crippen molar-refractivity contribution in [3.05, 3.63) is 59.3 Å². The Bertz CT molecular complexity index is 938. The van der Waals surface area contributed by atoms with Crippen LogP contribution in [-0.2, 0) is 0 Å². The molecule has 1 aromatic carbocycles. The van der Waals surface area contributed by atoms with Gasteiger partial charge in [-0.1, -0.05) is 49.2 Å². The first kappa shape index (κ1) is 19.1. The molecule has 1 aliphatic rings. The molecule has 0 amide bonds. The minimum atomic E-state index is -0.432. The van der Waals surface area contributed by atoms with E-state index in [9.17, 15) is 10.1 Å². The van der Waals surface area contributed by atoms with Gasteiger partial charge in [-0.3, -0.25) is 4.79 Å². The number of halogens is 1. The van der Waals surface area contributed by atoms with E-state index in [2.05, 4.69) is 22.7 Å². The molecule has 0 saturated carbocycles. The molecular weight excluding hydrogens is 360 g/mol. The van der Waals surface area contributed by atoms with Crippen molar-refractivity contribution in [3.8, 4) is 6.07 Å². The minimum Gasteiger partial charge on any atom is -0.272 e. The normalized spacial score (nSPS) is 18.3. The average molecular weight is 381 g/mol. The molecule has 2 atom stereocenters. The summed E-state index contributed by atoms with van der Waals surface area (Å²) in [4.78, 5) is 17.2. The van der Waals surface area contributed by atoms with Crippen LogP contribution in [0.5, 0.6) is 0 Å². The largest absolute Gasteiger partial charge is 0.272 e. The zero-order chi connectivity index (χ0) is 19.4. The lowest BCUT2D eigenvalue weighted by molar-refractivity contribution is 0.0890. The van der Waals surface area contributed by atoms with Gasteiger partial charge in [0, 0.05) is 28.6 Å². The third-order valence-electron chi connectivity index (χ3n) is 4.73. The smallest absolute Gasteiger partial charge is 0.249 e. The van der Waals surface area contributed by atoms with Crippen LogP contribution < -0.4 is 0 Å². The molecule has 1 aromatic heterocycles. The van der Waals surface area contributed by atoms with Crippen LogP contribution in [0, 0.1) is 17.2 Å². The quantitative estimate of drug-likeness (QED) is 0.638. The van der Waals surface area contributed by atoms with E-state index in [0.29, 0.717) is 30.1 Å². The molecule has 0 aliphatic carbocycles. The van der Waals surface area contributed by atoms with Crippen molar-refractivity contribution in [2.45, 2.75) is 38.5 Å². The number of nitriles is 1. The lowest BCUT2D eigenvalue weighted by Gasteiger charge is -2.28. The van der Waals surface area contributed by atoms with Gasteiger partial charge in [0.15, 0.2) is 5.82 Å². The topological polar surface area (TPSA) is 71.0 Å². The predicted octanol–water partition coefficient (Wildman–Crippen LogP) is 5.30. The minimum absolute atomic E-state index is 0.135. The van der Waals surface area contributed by atoms with Crippen LogP contribution in [0.25, 0.3) is 0 Å². The van der Waals surface area contributed by atoms with Crippen molar-refractivity contribution in [2.24, 2.45) is 10.9 Å². The summed E-state index contributed by atoms with van der Waals surface area (Å²) in [6.07, 6.45) is 5.79. The number of carbonyl (C=O) groups excluding carboxylic acids is 1. The molecule has 6 heteroatoms. The van der Waals surface area contributed by atoms with E-state index in [1.807, 2.05) is 31.2 Å². The number of aromatic nitrogens is 2. The van der Waals surface area contributed by atoms with Crippen LogP contribution in [0.3, 0.4) is 0 Å². The van der Waals surface area contributed by atoms with Crippen LogP contribution in [0.15, 0.2) is 48.1 Å². The molecule has 3 rings (SSSR count). The molecule has 2 unspecified atom stereocenters. The van der Waals surface area contributed by atoms with Gasteiger partial charge in [-0.2, -0.15) is 15.0 Å². The van der Waals surface area contributed by atoms with Gasteiger partial charge in [0.05, 0.1) is 18.2 Å². The maximum absolute atomic E-state index is 12.6. The molecule has 0 spiro atoms. The van der Waals surface area contributed by atoms with E-state index in [1.54, 1.807) is 12.3 Å². The molecule has 1 aliphatic heterocycles. The first-order chi connectivity index (χ1) is 13.1. The highest BCUT2D eigenvalue weighted by molar-refractivity contribution is 6.31. The third kappa shape index (κ3) is 3.58. The fourth-order valence-electron chi connectivity index (χ4n) is 3.47. The van der Waals surface area contributed by atoms with Crippen molar-refractivity contribution in [2.75, 3.05) is 0 Å². The molecule has 0 fully saturated rings. The summed E-state index contributed by atoms with van der Waals surface area (Å²) in [6.45, 7) is 5.71. The van der Waals surface area contributed by atoms with Gasteiger partial charge in [0.2, 0.25) is 5.91 Å². The molecule has 0 bridgehead atoms. The Morgan fingerprint density at radius 2 is 2.19 bits per heavy atom. The Labute approximate surface area is 164 Å². The van der Waals surface area contributed by atoms with Crippen molar-refractivity contribution in [1.82, 2.24) is 9.78 Å². The summed E-state index contributed by atoms with van der Waals surface area (Å²) in [7, 11) is 0. The number of aliphatic imine (C=N–C) groups is 1. The van der Waals surface area contributed by atoms with Crippen LogP contribution in [-0.4, -0.2) is 21.4 Å². The molecule has 5 nitrogen and oxygen atoms in total. The number of benzene rings is 1. The Morgan fingerprint density at radius 1 is 1.41 bits per heavy atom. The number of fused-ring (bicyclic) bond motifs is 1. The second kappa shape index (κ2) is 8.32. The van der Waals surface area contributed by atoms with Crippen LogP contribution >= 0.6 is 11.6 Å². The average Bonchev–Trinajstić information content (AvgIpc) is 3.09. The lowest BCUT2D eigenvalue weighted by Crippen LogP contribution is -2.26. The number of allylic oxidation sites excluding steroid dienone is 1. The standard InChI is InChI=1S/C21H21ClN4O/c1-3-5-11-19(27)26-21-16(13-24-26)20(14-9-6-7-10-17(14)22)15(12-23)18(25-21)8-4-2/h3,6-7,9-10,13,15,20H,1,4-5,8,11H2,2H3. The van der Waals surface area contributed by atoms with E-state index in [1.165, 1.54) is 4.68 Å². The fraction of sp³-hybridized carbons (Fsp3) is 0.333. The molecule has 0 radical (unpaired) electrons. The van der Waals surface area contributed by atoms with Gasteiger partial charge in [0.1, 0.15) is 0 Å². The van der Waals surface area contributed by atoms with E-state index >= 15 is 0 Å². The van der Waals surface area contributed by atoms with Crippen LogP contribution in [0.2, 0.25) is 5.02 Å². The van der Waals surface area contributed by atoms with Gasteiger partial charge >= 0.3 is 0 Å². The molecular formula is C21H21ClN4O. The Morgan fingerprint density at radius 3 is 2.85 bits per heavy atom. The molecule has 2 aromatic rings. The first-order valence-electron chi connectivity index (χ1n) is 9.05. The van der Waals surface area contributed by atoms with Gasteiger partial charge < -0.3 is 0 Å². The zero-order valence-electron chi connectivity index (χ0n) is 15.2. The highest BCUT2D eigenvalue weighted by Crippen LogP contribution is 2.44.